The lowest BCUT2D eigenvalue weighted by atomic mass is 10.2. The molecule has 0 spiro atoms. The highest BCUT2D eigenvalue weighted by Crippen LogP contribution is 2.36. The summed E-state index contributed by atoms with van der Waals surface area (Å²) >= 11 is 5.89. The van der Waals surface area contributed by atoms with Crippen LogP contribution in [-0.4, -0.2) is 19.2 Å². The van der Waals surface area contributed by atoms with Crippen LogP contribution in [0.15, 0.2) is 30.3 Å². The molecule has 0 fully saturated rings. The number of nitrogens with zero attached hydrogens (tertiary/aromatic N) is 1. The molecule has 0 atom stereocenters. The third-order valence-corrected chi connectivity index (χ3v) is 3.18. The van der Waals surface area contributed by atoms with Crippen molar-refractivity contribution in [3.05, 3.63) is 46.7 Å². The third kappa shape index (κ3) is 4.75. The Hall–Kier alpha value is -2.98. The van der Waals surface area contributed by atoms with E-state index in [-0.39, 0.29) is 40.1 Å². The maximum Gasteiger partial charge on any atom is 0.344 e. The van der Waals surface area contributed by atoms with Gasteiger partial charge in [-0.1, -0.05) is 11.6 Å². The van der Waals surface area contributed by atoms with Crippen LogP contribution in [0.4, 0.5) is 10.1 Å². The van der Waals surface area contributed by atoms with Crippen LogP contribution in [0, 0.1) is 17.1 Å². The second kappa shape index (κ2) is 8.22. The predicted molar refractivity (Wildman–Crippen MR) is 89.2 cm³/mol. The summed E-state index contributed by atoms with van der Waals surface area (Å²) in [5, 5.41) is 9.20. The number of hydrogen-bond acceptors (Lipinski definition) is 6. The quantitative estimate of drug-likeness (QED) is 0.620. The van der Waals surface area contributed by atoms with E-state index in [1.54, 1.807) is 6.92 Å². The van der Waals surface area contributed by atoms with Crippen molar-refractivity contribution in [2.24, 2.45) is 0 Å². The minimum absolute atomic E-state index is 0.0134. The maximum absolute atomic E-state index is 14.6. The third-order valence-electron chi connectivity index (χ3n) is 2.96. The first-order valence-electron chi connectivity index (χ1n) is 7.19. The summed E-state index contributed by atoms with van der Waals surface area (Å²) in [6.07, 6.45) is 0. The van der Waals surface area contributed by atoms with E-state index < -0.39 is 18.4 Å². The van der Waals surface area contributed by atoms with Crippen LogP contribution in [0.25, 0.3) is 0 Å². The number of benzene rings is 2. The molecule has 0 bridgehead atoms. The van der Waals surface area contributed by atoms with E-state index in [4.69, 9.17) is 36.8 Å². The fourth-order valence-corrected chi connectivity index (χ4v) is 2.14. The molecule has 0 saturated heterocycles. The molecule has 0 aliphatic heterocycles. The Morgan fingerprint density at radius 1 is 1.36 bits per heavy atom. The van der Waals surface area contributed by atoms with Crippen LogP contribution in [-0.2, 0) is 9.53 Å². The van der Waals surface area contributed by atoms with Gasteiger partial charge < -0.3 is 19.9 Å². The average molecular weight is 365 g/mol. The predicted octanol–water partition coefficient (Wildman–Crippen LogP) is 3.67. The van der Waals surface area contributed by atoms with Gasteiger partial charge in [0.05, 0.1) is 23.9 Å². The van der Waals surface area contributed by atoms with Crippen molar-refractivity contribution in [3.8, 4) is 23.3 Å². The van der Waals surface area contributed by atoms with Gasteiger partial charge in [0.25, 0.3) is 0 Å². The van der Waals surface area contributed by atoms with Crippen molar-refractivity contribution < 1.29 is 23.4 Å². The van der Waals surface area contributed by atoms with Crippen molar-refractivity contribution in [2.75, 3.05) is 18.9 Å². The number of ether oxygens (including phenoxy) is 3. The number of halogens is 2. The van der Waals surface area contributed by atoms with Crippen molar-refractivity contribution in [1.29, 1.82) is 5.26 Å². The standard InChI is InChI=1S/C17H14ClFN2O4/c1-2-23-15(22)9-24-14-4-3-13(21)17(16(14)19)25-12-6-10(8-20)5-11(18)7-12/h3-7H,2,9,21H2,1H3. The molecule has 0 unspecified atom stereocenters. The van der Waals surface area contributed by atoms with Crippen LogP contribution >= 0.6 is 11.6 Å². The fraction of sp³-hybridized carbons (Fsp3) is 0.176. The number of nitrogen functional groups attached to an aromatic ring is 1. The second-order valence-corrected chi connectivity index (χ2v) is 5.22. The Labute approximate surface area is 148 Å². The second-order valence-electron chi connectivity index (χ2n) is 4.78. The summed E-state index contributed by atoms with van der Waals surface area (Å²) in [5.41, 5.74) is 6.00. The summed E-state index contributed by atoms with van der Waals surface area (Å²) in [6.45, 7) is 1.38. The topological polar surface area (TPSA) is 94.6 Å². The van der Waals surface area contributed by atoms with Crippen LogP contribution in [0.3, 0.4) is 0 Å². The van der Waals surface area contributed by atoms with Gasteiger partial charge in [-0.2, -0.15) is 9.65 Å². The summed E-state index contributed by atoms with van der Waals surface area (Å²) in [4.78, 5) is 11.3. The number of nitriles is 1. The van der Waals surface area contributed by atoms with E-state index in [0.717, 1.165) is 0 Å². The lowest BCUT2D eigenvalue weighted by Crippen LogP contribution is -2.15. The van der Waals surface area contributed by atoms with Gasteiger partial charge in [-0.25, -0.2) is 4.79 Å². The highest BCUT2D eigenvalue weighted by Gasteiger charge is 2.17. The lowest BCUT2D eigenvalue weighted by molar-refractivity contribution is -0.145. The molecule has 2 N–H and O–H groups in total. The molecule has 0 saturated carbocycles. The highest BCUT2D eigenvalue weighted by molar-refractivity contribution is 6.30. The van der Waals surface area contributed by atoms with Gasteiger partial charge in [-0.15, -0.1) is 0 Å². The number of rotatable bonds is 6. The lowest BCUT2D eigenvalue weighted by Gasteiger charge is -2.13. The molecule has 0 aromatic heterocycles. The van der Waals surface area contributed by atoms with Gasteiger partial charge in [0.15, 0.2) is 18.1 Å². The molecule has 2 rings (SSSR count). The molecule has 0 amide bonds. The van der Waals surface area contributed by atoms with Crippen molar-refractivity contribution >= 4 is 23.3 Å². The number of nitrogens with two attached hydrogens (primary N) is 1. The molecule has 0 heterocycles. The molecular formula is C17H14ClFN2O4. The average Bonchev–Trinajstić information content (AvgIpc) is 2.57. The largest absolute Gasteiger partial charge is 0.479 e. The van der Waals surface area contributed by atoms with Crippen LogP contribution in [0.5, 0.6) is 17.2 Å². The van der Waals surface area contributed by atoms with Crippen LogP contribution in [0.1, 0.15) is 12.5 Å². The monoisotopic (exact) mass is 364 g/mol. The number of carbonyl (C=O) groups excluding carboxylic acids is 1. The first kappa shape index (κ1) is 18.4. The zero-order valence-corrected chi connectivity index (χ0v) is 14.0. The Balaban J connectivity index is 2.26. The molecule has 25 heavy (non-hydrogen) atoms. The number of carbonyl (C=O) groups is 1. The molecule has 2 aromatic carbocycles. The van der Waals surface area contributed by atoms with Gasteiger partial charge >= 0.3 is 5.97 Å². The number of anilines is 1. The zero-order valence-electron chi connectivity index (χ0n) is 13.2. The Morgan fingerprint density at radius 2 is 2.12 bits per heavy atom. The van der Waals surface area contributed by atoms with Crippen LogP contribution < -0.4 is 15.2 Å². The van der Waals surface area contributed by atoms with Crippen molar-refractivity contribution in [1.82, 2.24) is 0 Å². The Kier molecular flexibility index (Phi) is 6.03. The smallest absolute Gasteiger partial charge is 0.344 e. The number of esters is 1. The fourth-order valence-electron chi connectivity index (χ4n) is 1.91. The molecule has 0 radical (unpaired) electrons. The van der Waals surface area contributed by atoms with Crippen molar-refractivity contribution in [3.63, 3.8) is 0 Å². The van der Waals surface area contributed by atoms with Gasteiger partial charge in [0.2, 0.25) is 5.82 Å². The summed E-state index contributed by atoms with van der Waals surface area (Å²) < 4.78 is 29.8. The van der Waals surface area contributed by atoms with Gasteiger partial charge in [-0.3, -0.25) is 0 Å². The van der Waals surface area contributed by atoms with Gasteiger partial charge in [0.1, 0.15) is 5.75 Å². The summed E-state index contributed by atoms with van der Waals surface area (Å²) in [7, 11) is 0. The Morgan fingerprint density at radius 3 is 2.80 bits per heavy atom. The van der Waals surface area contributed by atoms with E-state index in [9.17, 15) is 9.18 Å². The number of hydrogen-bond donors (Lipinski definition) is 1. The normalized spacial score (nSPS) is 10.0. The molecule has 0 aliphatic carbocycles. The minimum atomic E-state index is -0.886. The van der Waals surface area contributed by atoms with E-state index in [1.807, 2.05) is 6.07 Å². The zero-order chi connectivity index (χ0) is 18.4. The summed E-state index contributed by atoms with van der Waals surface area (Å²) in [6, 6.07) is 8.79. The highest BCUT2D eigenvalue weighted by atomic mass is 35.5. The van der Waals surface area contributed by atoms with Crippen molar-refractivity contribution in [2.45, 2.75) is 6.92 Å². The molecule has 8 heteroatoms. The van der Waals surface area contributed by atoms with E-state index in [1.165, 1.54) is 30.3 Å². The first-order chi connectivity index (χ1) is 11.9. The minimum Gasteiger partial charge on any atom is -0.479 e. The van der Waals surface area contributed by atoms with E-state index in [2.05, 4.69) is 0 Å². The maximum atomic E-state index is 14.6. The molecule has 130 valence electrons. The van der Waals surface area contributed by atoms with E-state index >= 15 is 0 Å². The summed E-state index contributed by atoms with van der Waals surface area (Å²) in [5.74, 6) is -1.90. The molecule has 0 aliphatic rings. The van der Waals surface area contributed by atoms with Crippen LogP contribution in [0.2, 0.25) is 5.02 Å². The van der Waals surface area contributed by atoms with E-state index in [0.29, 0.717) is 0 Å². The molecular weight excluding hydrogens is 351 g/mol. The van der Waals surface area contributed by atoms with Gasteiger partial charge in [-0.05, 0) is 37.3 Å². The Bertz CT molecular complexity index is 836. The molecule has 2 aromatic rings. The first-order valence-corrected chi connectivity index (χ1v) is 7.57. The molecule has 6 nitrogen and oxygen atoms in total. The van der Waals surface area contributed by atoms with Gasteiger partial charge in [0, 0.05) is 5.02 Å². The SMILES string of the molecule is CCOC(=O)COc1ccc(N)c(Oc2cc(Cl)cc(C#N)c2)c1F.